The molecule has 0 aromatic rings. The fourth-order valence-electron chi connectivity index (χ4n) is 2.22. The van der Waals surface area contributed by atoms with Gasteiger partial charge in [-0.1, -0.05) is 0 Å². The van der Waals surface area contributed by atoms with E-state index in [9.17, 15) is 13.6 Å². The minimum Gasteiger partial charge on any atom is -0.381 e. The molecule has 2 atom stereocenters. The molecule has 0 aliphatic carbocycles. The molecule has 2 fully saturated rings. The van der Waals surface area contributed by atoms with E-state index in [2.05, 4.69) is 0 Å². The second kappa shape index (κ2) is 5.73. The van der Waals surface area contributed by atoms with Crippen LogP contribution in [0.1, 0.15) is 12.8 Å². The first-order valence-electron chi connectivity index (χ1n) is 5.95. The molecule has 0 spiro atoms. The van der Waals surface area contributed by atoms with Crippen LogP contribution in [0.2, 0.25) is 0 Å². The maximum atomic E-state index is 12.5. The Bertz CT molecular complexity index is 269. The molecular formula is C11H17F2NO3. The van der Waals surface area contributed by atoms with E-state index < -0.39 is 12.5 Å². The van der Waals surface area contributed by atoms with Gasteiger partial charge in [-0.05, 0) is 12.8 Å². The molecule has 2 aliphatic heterocycles. The lowest BCUT2D eigenvalue weighted by Gasteiger charge is -2.35. The van der Waals surface area contributed by atoms with E-state index in [1.807, 2.05) is 0 Å². The van der Waals surface area contributed by atoms with Crippen LogP contribution in [0.3, 0.4) is 0 Å². The Morgan fingerprint density at radius 2 is 2.18 bits per heavy atom. The number of carbonyl (C=O) groups excluding carboxylic acids is 1. The first kappa shape index (κ1) is 12.7. The van der Waals surface area contributed by atoms with Gasteiger partial charge in [-0.25, -0.2) is 8.78 Å². The number of morpholine rings is 1. The number of nitrogens with zero attached hydrogens (tertiary/aromatic N) is 1. The zero-order valence-corrected chi connectivity index (χ0v) is 9.61. The largest absolute Gasteiger partial charge is 0.381 e. The Labute approximate surface area is 98.9 Å². The summed E-state index contributed by atoms with van der Waals surface area (Å²) in [5, 5.41) is 0. The van der Waals surface area contributed by atoms with Gasteiger partial charge in [0.2, 0.25) is 5.91 Å². The monoisotopic (exact) mass is 249 g/mol. The van der Waals surface area contributed by atoms with E-state index in [0.717, 1.165) is 12.8 Å². The summed E-state index contributed by atoms with van der Waals surface area (Å²) >= 11 is 0. The van der Waals surface area contributed by atoms with Gasteiger partial charge in [-0.15, -0.1) is 0 Å². The molecule has 6 heteroatoms. The molecule has 2 heterocycles. The van der Waals surface area contributed by atoms with Crippen LogP contribution in [-0.2, 0) is 14.3 Å². The van der Waals surface area contributed by atoms with Crippen molar-refractivity contribution in [1.82, 2.24) is 4.90 Å². The highest BCUT2D eigenvalue weighted by atomic mass is 19.3. The molecule has 0 bridgehead atoms. The van der Waals surface area contributed by atoms with E-state index >= 15 is 0 Å². The van der Waals surface area contributed by atoms with Crippen molar-refractivity contribution >= 4 is 5.91 Å². The third kappa shape index (κ3) is 3.13. The number of hydrogen-bond donors (Lipinski definition) is 0. The third-order valence-corrected chi connectivity index (χ3v) is 3.20. The molecule has 0 unspecified atom stereocenters. The molecule has 4 nitrogen and oxygen atoms in total. The van der Waals surface area contributed by atoms with Crippen molar-refractivity contribution in [3.05, 3.63) is 0 Å². The van der Waals surface area contributed by atoms with Crippen LogP contribution in [0.15, 0.2) is 0 Å². The van der Waals surface area contributed by atoms with E-state index in [1.165, 1.54) is 4.90 Å². The van der Waals surface area contributed by atoms with Crippen LogP contribution in [0.4, 0.5) is 8.78 Å². The number of hydrogen-bond acceptors (Lipinski definition) is 3. The van der Waals surface area contributed by atoms with Gasteiger partial charge in [-0.2, -0.15) is 0 Å². The second-order valence-electron chi connectivity index (χ2n) is 4.44. The Morgan fingerprint density at radius 1 is 1.35 bits per heavy atom. The van der Waals surface area contributed by atoms with Gasteiger partial charge in [0, 0.05) is 13.2 Å². The lowest BCUT2D eigenvalue weighted by atomic mass is 10.0. The van der Waals surface area contributed by atoms with Crippen molar-refractivity contribution in [2.75, 3.05) is 32.9 Å². The van der Waals surface area contributed by atoms with E-state index in [1.54, 1.807) is 0 Å². The first-order chi connectivity index (χ1) is 8.18. The number of rotatable bonds is 2. The zero-order chi connectivity index (χ0) is 12.3. The predicted octanol–water partition coefficient (Wildman–Crippen LogP) is 0.905. The van der Waals surface area contributed by atoms with E-state index in [4.69, 9.17) is 9.47 Å². The van der Waals surface area contributed by atoms with Gasteiger partial charge in [0.05, 0.1) is 25.7 Å². The van der Waals surface area contributed by atoms with Crippen LogP contribution in [0.25, 0.3) is 0 Å². The third-order valence-electron chi connectivity index (χ3n) is 3.20. The van der Waals surface area contributed by atoms with Gasteiger partial charge in [0.15, 0.2) is 0 Å². The Balaban J connectivity index is 1.89. The molecule has 0 radical (unpaired) electrons. The molecule has 17 heavy (non-hydrogen) atoms. The minimum atomic E-state index is -2.53. The average Bonchev–Trinajstić information content (AvgIpc) is 2.39. The van der Waals surface area contributed by atoms with Crippen LogP contribution in [-0.4, -0.2) is 56.2 Å². The average molecular weight is 249 g/mol. The van der Waals surface area contributed by atoms with Crippen molar-refractivity contribution in [1.29, 1.82) is 0 Å². The number of alkyl halides is 2. The lowest BCUT2D eigenvalue weighted by molar-refractivity contribution is -0.154. The van der Waals surface area contributed by atoms with E-state index in [0.29, 0.717) is 19.8 Å². The molecule has 0 aromatic carbocycles. The predicted molar refractivity (Wildman–Crippen MR) is 55.9 cm³/mol. The highest BCUT2D eigenvalue weighted by Crippen LogP contribution is 2.19. The molecule has 0 saturated carbocycles. The quantitative estimate of drug-likeness (QED) is 0.730. The topological polar surface area (TPSA) is 38.8 Å². The Kier molecular flexibility index (Phi) is 4.28. The van der Waals surface area contributed by atoms with Gasteiger partial charge in [0.25, 0.3) is 6.43 Å². The number of halogens is 2. The van der Waals surface area contributed by atoms with Crippen molar-refractivity contribution < 1.29 is 23.0 Å². The van der Waals surface area contributed by atoms with Crippen LogP contribution < -0.4 is 0 Å². The Morgan fingerprint density at radius 3 is 2.82 bits per heavy atom. The summed E-state index contributed by atoms with van der Waals surface area (Å²) in [5.41, 5.74) is 0. The van der Waals surface area contributed by atoms with Crippen LogP contribution >= 0.6 is 0 Å². The Hall–Kier alpha value is -0.750. The fraction of sp³-hybridized carbons (Fsp3) is 0.909. The van der Waals surface area contributed by atoms with Gasteiger partial charge >= 0.3 is 0 Å². The van der Waals surface area contributed by atoms with Crippen molar-refractivity contribution in [3.63, 3.8) is 0 Å². The summed E-state index contributed by atoms with van der Waals surface area (Å²) in [6.45, 7) is 1.68. The molecule has 2 aliphatic rings. The van der Waals surface area contributed by atoms with Crippen molar-refractivity contribution in [2.45, 2.75) is 25.4 Å². The highest BCUT2D eigenvalue weighted by Gasteiger charge is 2.33. The molecular weight excluding hydrogens is 232 g/mol. The number of carbonyl (C=O) groups is 1. The SMILES string of the molecule is O=C([C@H]1CCCOC1)N1CCO[C@@H](C(F)F)C1. The fourth-order valence-corrected chi connectivity index (χ4v) is 2.22. The summed E-state index contributed by atoms with van der Waals surface area (Å²) in [5.74, 6) is -0.237. The second-order valence-corrected chi connectivity index (χ2v) is 4.44. The smallest absolute Gasteiger partial charge is 0.266 e. The standard InChI is InChI=1S/C11H17F2NO3/c12-10(13)9-6-14(3-5-17-9)11(15)8-2-1-4-16-7-8/h8-10H,1-7H2/t8-,9+/m0/s1. The lowest BCUT2D eigenvalue weighted by Crippen LogP contribution is -2.50. The van der Waals surface area contributed by atoms with Crippen molar-refractivity contribution in [3.8, 4) is 0 Å². The van der Waals surface area contributed by atoms with Gasteiger partial charge < -0.3 is 14.4 Å². The maximum absolute atomic E-state index is 12.5. The molecule has 1 amide bonds. The summed E-state index contributed by atoms with van der Waals surface area (Å²) < 4.78 is 35.2. The zero-order valence-electron chi connectivity index (χ0n) is 9.61. The first-order valence-corrected chi connectivity index (χ1v) is 5.95. The van der Waals surface area contributed by atoms with Crippen LogP contribution in [0.5, 0.6) is 0 Å². The minimum absolute atomic E-state index is 0.00694. The molecule has 2 rings (SSSR count). The van der Waals surface area contributed by atoms with E-state index in [-0.39, 0.29) is 25.0 Å². The number of ether oxygens (including phenoxy) is 2. The molecule has 0 N–H and O–H groups in total. The maximum Gasteiger partial charge on any atom is 0.266 e. The van der Waals surface area contributed by atoms with Gasteiger partial charge in [0.1, 0.15) is 6.10 Å². The number of amides is 1. The summed E-state index contributed by atoms with van der Waals surface area (Å²) in [7, 11) is 0. The van der Waals surface area contributed by atoms with Gasteiger partial charge in [-0.3, -0.25) is 4.79 Å². The molecule has 98 valence electrons. The van der Waals surface area contributed by atoms with Crippen molar-refractivity contribution in [2.24, 2.45) is 5.92 Å². The highest BCUT2D eigenvalue weighted by molar-refractivity contribution is 5.79. The van der Waals surface area contributed by atoms with Crippen LogP contribution in [0, 0.1) is 5.92 Å². The normalized spacial score (nSPS) is 30.6. The summed E-state index contributed by atoms with van der Waals surface area (Å²) in [6.07, 6.45) is -2.03. The molecule has 2 saturated heterocycles. The summed E-state index contributed by atoms with van der Waals surface area (Å²) in [4.78, 5) is 13.6. The molecule has 0 aromatic heterocycles. The summed E-state index contributed by atoms with van der Waals surface area (Å²) in [6, 6.07) is 0.